The van der Waals surface area contributed by atoms with E-state index in [0.717, 1.165) is 44.0 Å². The van der Waals surface area contributed by atoms with Crippen molar-refractivity contribution in [1.82, 2.24) is 0 Å². The highest BCUT2D eigenvalue weighted by Gasteiger charge is 2.37. The fourth-order valence-electron chi connectivity index (χ4n) is 7.89. The molecule has 0 aromatic heterocycles. The van der Waals surface area contributed by atoms with Crippen LogP contribution in [0.4, 0.5) is 11.4 Å². The molecule has 3 nitrogen and oxygen atoms in total. The monoisotopic (exact) mass is 593 g/mol. The van der Waals surface area contributed by atoms with Crippen LogP contribution in [0.2, 0.25) is 0 Å². The molecule has 8 rings (SSSR count). The van der Waals surface area contributed by atoms with Crippen molar-refractivity contribution < 1.29 is 9.59 Å². The summed E-state index contributed by atoms with van der Waals surface area (Å²) in [6.45, 7) is 11.0. The Morgan fingerprint density at radius 1 is 0.674 bits per heavy atom. The Morgan fingerprint density at radius 3 is 1.96 bits per heavy atom. The summed E-state index contributed by atoms with van der Waals surface area (Å²) in [5, 5.41) is 4.03. The molecule has 220 valence electrons. The van der Waals surface area contributed by atoms with E-state index in [9.17, 15) is 9.59 Å². The van der Waals surface area contributed by atoms with E-state index >= 15 is 0 Å². The number of anilines is 2. The minimum absolute atomic E-state index is 0.208. The molecule has 2 aliphatic rings. The third-order valence-corrected chi connectivity index (χ3v) is 9.98. The molecular weight excluding hydrogens is 561 g/mol. The molecule has 0 unspecified atom stereocenters. The van der Waals surface area contributed by atoms with Gasteiger partial charge in [0.15, 0.2) is 11.6 Å². The first-order valence-corrected chi connectivity index (χ1v) is 15.7. The maximum atomic E-state index is 13.4. The average Bonchev–Trinajstić information content (AvgIpc) is 3.25. The molecule has 4 heteroatoms. The van der Waals surface area contributed by atoms with Crippen molar-refractivity contribution in [1.29, 1.82) is 0 Å². The molecule has 0 spiro atoms. The number of ketones is 2. The number of carbonyl (C=O) groups is 2. The molecule has 0 amide bonds. The number of Topliss-reactive ketones (excluding diaryl/α,β-unsaturated/α-hetero) is 2. The van der Waals surface area contributed by atoms with Crippen LogP contribution < -0.4 is 4.81 Å². The molecule has 0 saturated heterocycles. The standard InChI is InChI=1S/C42H32BNO2/c1-23-16-24(2)38(25(3)17-23)30-12-14-36-35(22-30)42(4,5)39-31-13-10-26(18-29(31)11-15-37(39)44(36)43)19-34-40(45)32-20-27-8-6-7-9-28(27)21-33(32)41(34)46/h6-22H,1-5H3. The highest BCUT2D eigenvalue weighted by molar-refractivity contribution is 6.42. The van der Waals surface area contributed by atoms with Gasteiger partial charge in [-0.15, -0.1) is 0 Å². The first kappa shape index (κ1) is 28.3. The normalized spacial score (nSPS) is 14.9. The third kappa shape index (κ3) is 4.06. The van der Waals surface area contributed by atoms with Crippen molar-refractivity contribution in [2.45, 2.75) is 40.0 Å². The summed E-state index contributed by atoms with van der Waals surface area (Å²) >= 11 is 0. The molecule has 0 N–H and O–H groups in total. The van der Waals surface area contributed by atoms with Crippen LogP contribution >= 0.6 is 0 Å². The van der Waals surface area contributed by atoms with Gasteiger partial charge in [-0.25, -0.2) is 0 Å². The topological polar surface area (TPSA) is 37.4 Å². The summed E-state index contributed by atoms with van der Waals surface area (Å²) in [4.78, 5) is 28.7. The second-order valence-corrected chi connectivity index (χ2v) is 13.4. The van der Waals surface area contributed by atoms with E-state index < -0.39 is 0 Å². The maximum Gasteiger partial charge on any atom is 0.234 e. The highest BCUT2D eigenvalue weighted by atomic mass is 16.2. The van der Waals surface area contributed by atoms with E-state index in [1.165, 1.54) is 33.4 Å². The molecule has 0 atom stereocenters. The van der Waals surface area contributed by atoms with Crippen LogP contribution in [0.1, 0.15) is 67.9 Å². The number of rotatable bonds is 2. The number of aryl methyl sites for hydroxylation is 3. The first-order valence-electron chi connectivity index (χ1n) is 15.7. The SMILES string of the molecule is [B]N1c2ccc(-c3c(C)cc(C)cc3C)cc2C(C)(C)c2c1ccc1cc(C=C3C(=O)c4cc5ccccc5cc4C3=O)ccc21. The van der Waals surface area contributed by atoms with Crippen molar-refractivity contribution in [3.63, 3.8) is 0 Å². The van der Waals surface area contributed by atoms with Gasteiger partial charge in [0.05, 0.1) is 5.57 Å². The molecule has 1 aliphatic heterocycles. The van der Waals surface area contributed by atoms with E-state index in [1.807, 2.05) is 42.5 Å². The fourth-order valence-corrected chi connectivity index (χ4v) is 7.89. The zero-order chi connectivity index (χ0) is 32.1. The quantitative estimate of drug-likeness (QED) is 0.114. The van der Waals surface area contributed by atoms with Crippen LogP contribution in [-0.2, 0) is 5.41 Å². The predicted octanol–water partition coefficient (Wildman–Crippen LogP) is 9.91. The molecule has 0 bridgehead atoms. The van der Waals surface area contributed by atoms with Crippen LogP contribution in [0, 0.1) is 20.8 Å². The summed E-state index contributed by atoms with van der Waals surface area (Å²) in [7, 11) is 6.84. The first-order chi connectivity index (χ1) is 22.0. The Hall–Kier alpha value is -5.22. The van der Waals surface area contributed by atoms with Gasteiger partial charge in [0, 0.05) is 27.9 Å². The second-order valence-electron chi connectivity index (χ2n) is 13.4. The lowest BCUT2D eigenvalue weighted by atomic mass is 9.70. The van der Waals surface area contributed by atoms with Gasteiger partial charge in [-0.05, 0) is 124 Å². The van der Waals surface area contributed by atoms with Crippen LogP contribution in [0.15, 0.2) is 103 Å². The largest absolute Gasteiger partial charge is 0.397 e. The molecule has 46 heavy (non-hydrogen) atoms. The fraction of sp³-hybridized carbons (Fsp3) is 0.143. The lowest BCUT2D eigenvalue weighted by Gasteiger charge is -2.42. The number of allylic oxidation sites excluding steroid dienone is 1. The molecule has 1 heterocycles. The number of hydrogen-bond donors (Lipinski definition) is 0. The van der Waals surface area contributed by atoms with Gasteiger partial charge in [0.25, 0.3) is 0 Å². The number of benzene rings is 6. The summed E-state index contributed by atoms with van der Waals surface area (Å²) in [6.07, 6.45) is 1.74. The van der Waals surface area contributed by atoms with Crippen molar-refractivity contribution in [2.75, 3.05) is 4.81 Å². The average molecular weight is 594 g/mol. The van der Waals surface area contributed by atoms with Crippen molar-refractivity contribution in [2.24, 2.45) is 0 Å². The molecule has 0 saturated carbocycles. The summed E-state index contributed by atoms with van der Waals surface area (Å²) < 4.78 is 0. The van der Waals surface area contributed by atoms with E-state index in [4.69, 9.17) is 7.98 Å². The minimum atomic E-state index is -0.344. The summed E-state index contributed by atoms with van der Waals surface area (Å²) in [5.41, 5.74) is 12.2. The molecule has 1 aliphatic carbocycles. The molecule has 0 fully saturated rings. The lowest BCUT2D eigenvalue weighted by molar-refractivity contribution is 0.0990. The van der Waals surface area contributed by atoms with E-state index in [-0.39, 0.29) is 22.6 Å². The number of nitrogens with zero attached hydrogens (tertiary/aromatic N) is 1. The van der Waals surface area contributed by atoms with Crippen LogP contribution in [0.25, 0.3) is 38.7 Å². The summed E-state index contributed by atoms with van der Waals surface area (Å²) in [6, 6.07) is 32.9. The van der Waals surface area contributed by atoms with Crippen LogP contribution in [0.3, 0.4) is 0 Å². The molecule has 6 aromatic carbocycles. The Labute approximate surface area is 270 Å². The zero-order valence-corrected chi connectivity index (χ0v) is 26.7. The van der Waals surface area contributed by atoms with Gasteiger partial charge in [0.2, 0.25) is 7.98 Å². The zero-order valence-electron chi connectivity index (χ0n) is 26.7. The van der Waals surface area contributed by atoms with E-state index in [0.29, 0.717) is 11.1 Å². The van der Waals surface area contributed by atoms with Crippen molar-refractivity contribution >= 4 is 58.5 Å². The van der Waals surface area contributed by atoms with Crippen molar-refractivity contribution in [3.8, 4) is 11.1 Å². The number of hydrogen-bond acceptors (Lipinski definition) is 3. The van der Waals surface area contributed by atoms with Gasteiger partial charge in [-0.2, -0.15) is 0 Å². The van der Waals surface area contributed by atoms with Crippen LogP contribution in [-0.4, -0.2) is 19.5 Å². The smallest absolute Gasteiger partial charge is 0.234 e. The lowest BCUT2D eigenvalue weighted by Crippen LogP contribution is -2.32. The van der Waals surface area contributed by atoms with E-state index in [2.05, 4.69) is 89.2 Å². The van der Waals surface area contributed by atoms with Gasteiger partial charge < -0.3 is 4.81 Å². The van der Waals surface area contributed by atoms with Crippen LogP contribution in [0.5, 0.6) is 0 Å². The second kappa shape index (κ2) is 9.89. The minimum Gasteiger partial charge on any atom is -0.397 e. The third-order valence-electron chi connectivity index (χ3n) is 9.98. The highest BCUT2D eigenvalue weighted by Crippen LogP contribution is 2.51. The summed E-state index contributed by atoms with van der Waals surface area (Å²) in [5.74, 6) is -0.440. The van der Waals surface area contributed by atoms with E-state index in [1.54, 1.807) is 10.9 Å². The van der Waals surface area contributed by atoms with Crippen molar-refractivity contribution in [3.05, 3.63) is 147 Å². The number of carbonyl (C=O) groups excluding carboxylic acids is 2. The Morgan fingerprint density at radius 2 is 1.30 bits per heavy atom. The number of fused-ring (bicyclic) bond motifs is 6. The van der Waals surface area contributed by atoms with Gasteiger partial charge >= 0.3 is 0 Å². The van der Waals surface area contributed by atoms with Gasteiger partial charge in [0.1, 0.15) is 0 Å². The molecule has 6 aromatic rings. The van der Waals surface area contributed by atoms with Gasteiger partial charge in [-0.1, -0.05) is 80.1 Å². The Bertz CT molecular complexity index is 2300. The maximum absolute atomic E-state index is 13.4. The molecule has 2 radical (unpaired) electrons. The van der Waals surface area contributed by atoms with Gasteiger partial charge in [-0.3, -0.25) is 9.59 Å². The Balaban J connectivity index is 1.22. The Kier molecular flexibility index (Phi) is 6.08. The molecular formula is C42H32BNO2. The predicted molar refractivity (Wildman–Crippen MR) is 191 cm³/mol.